The molecule has 170 valence electrons. The van der Waals surface area contributed by atoms with Crippen LogP contribution in [0.15, 0.2) is 77.7 Å². The smallest absolute Gasteiger partial charge is 0.296 e. The summed E-state index contributed by atoms with van der Waals surface area (Å²) in [6, 6.07) is 20.2. The molecule has 0 aliphatic rings. The van der Waals surface area contributed by atoms with Crippen molar-refractivity contribution in [2.75, 3.05) is 12.4 Å². The Morgan fingerprint density at radius 1 is 1.06 bits per heavy atom. The third kappa shape index (κ3) is 4.72. The van der Waals surface area contributed by atoms with E-state index in [0.29, 0.717) is 32.4 Å². The average molecular weight is 492 g/mol. The summed E-state index contributed by atoms with van der Waals surface area (Å²) in [6.07, 6.45) is 1.75. The Hall–Kier alpha value is -3.90. The molecule has 4 aromatic rings. The first-order valence-corrected chi connectivity index (χ1v) is 11.8. The van der Waals surface area contributed by atoms with E-state index < -0.39 is 16.0 Å². The van der Waals surface area contributed by atoms with Crippen LogP contribution in [-0.4, -0.2) is 26.4 Å². The number of amides is 1. The van der Waals surface area contributed by atoms with Gasteiger partial charge in [0.05, 0.1) is 23.9 Å². The number of hydrogen-bond acceptors (Lipinski definition) is 4. The lowest BCUT2D eigenvalue weighted by molar-refractivity contribution is -0.111. The summed E-state index contributed by atoms with van der Waals surface area (Å²) in [6.45, 7) is 7.65. The van der Waals surface area contributed by atoms with Crippen LogP contribution in [-0.2, 0) is 19.1 Å². The first-order chi connectivity index (χ1) is 16.3. The van der Waals surface area contributed by atoms with Gasteiger partial charge in [0.15, 0.2) is 0 Å². The van der Waals surface area contributed by atoms with E-state index in [2.05, 4.69) is 19.3 Å². The number of benzene rings is 3. The fourth-order valence-electron chi connectivity index (χ4n) is 3.47. The summed E-state index contributed by atoms with van der Waals surface area (Å²) in [5.41, 5.74) is 1.00. The molecule has 1 amide bonds. The minimum Gasteiger partial charge on any atom is -0.364 e. The molecule has 34 heavy (non-hydrogen) atoms. The highest BCUT2D eigenvalue weighted by atomic mass is 35.5. The Morgan fingerprint density at radius 3 is 2.44 bits per heavy atom. The molecule has 0 atom stereocenters. The maximum absolute atomic E-state index is 12.9. The maximum atomic E-state index is 12.9. The molecule has 0 spiro atoms. The van der Waals surface area contributed by atoms with Gasteiger partial charge in [0.1, 0.15) is 0 Å². The highest BCUT2D eigenvalue weighted by Crippen LogP contribution is 2.16. The van der Waals surface area contributed by atoms with Gasteiger partial charge in [0.25, 0.3) is 21.7 Å². The third-order valence-electron chi connectivity index (χ3n) is 5.09. The van der Waals surface area contributed by atoms with E-state index in [1.54, 1.807) is 42.5 Å². The van der Waals surface area contributed by atoms with Gasteiger partial charge in [0.2, 0.25) is 0 Å². The van der Waals surface area contributed by atoms with E-state index in [0.717, 1.165) is 12.5 Å². The fourth-order valence-corrected chi connectivity index (χ4v) is 4.32. The molecular formula is C25H18ClN3O4S. The Balaban J connectivity index is 1.87. The molecule has 1 aromatic heterocycles. The second-order valence-corrected chi connectivity index (χ2v) is 9.37. The van der Waals surface area contributed by atoms with Crippen molar-refractivity contribution in [1.82, 2.24) is 4.98 Å². The summed E-state index contributed by atoms with van der Waals surface area (Å²) < 4.78 is 28.7. The largest absolute Gasteiger partial charge is 0.364 e. The summed E-state index contributed by atoms with van der Waals surface area (Å²) >= 11 is 5.90. The minimum atomic E-state index is -3.85. The number of aromatic nitrogens is 1. The molecule has 3 aromatic carbocycles. The van der Waals surface area contributed by atoms with Gasteiger partial charge in [-0.05, 0) is 53.4 Å². The highest BCUT2D eigenvalue weighted by Gasteiger charge is 2.15. The zero-order chi connectivity index (χ0) is 24.3. The van der Waals surface area contributed by atoms with E-state index in [1.807, 2.05) is 24.3 Å². The molecule has 0 fully saturated rings. The van der Waals surface area contributed by atoms with Gasteiger partial charge in [-0.3, -0.25) is 8.98 Å². The van der Waals surface area contributed by atoms with Crippen molar-refractivity contribution in [2.45, 2.75) is 4.90 Å². The lowest BCUT2D eigenvalue weighted by Crippen LogP contribution is -2.21. The SMILES string of the molecule is [C-]#[N+]/C(C(=O)Nc1ccc(Cl)cc1)=c1/[nH]/c(=C\c2cccc(S(=O)(=O)OC)c2)c2ccccc12. The fraction of sp³-hybridized carbons (Fsp3) is 0.0400. The summed E-state index contributed by atoms with van der Waals surface area (Å²) in [5, 5.41) is 5.70. The normalized spacial score (nSPS) is 12.9. The molecule has 2 N–H and O–H groups in total. The second-order valence-electron chi connectivity index (χ2n) is 7.22. The van der Waals surface area contributed by atoms with Gasteiger partial charge in [-0.2, -0.15) is 8.42 Å². The molecule has 9 heteroatoms. The Labute approximate surface area is 200 Å². The van der Waals surface area contributed by atoms with E-state index in [9.17, 15) is 13.2 Å². The van der Waals surface area contributed by atoms with Crippen LogP contribution >= 0.6 is 11.6 Å². The van der Waals surface area contributed by atoms with Crippen LogP contribution in [0.1, 0.15) is 5.56 Å². The van der Waals surface area contributed by atoms with Gasteiger partial charge >= 0.3 is 0 Å². The van der Waals surface area contributed by atoms with Gasteiger partial charge < -0.3 is 10.3 Å². The number of nitrogens with zero attached hydrogens (tertiary/aromatic N) is 1. The van der Waals surface area contributed by atoms with Crippen molar-refractivity contribution in [3.05, 3.63) is 105 Å². The maximum Gasteiger partial charge on any atom is 0.296 e. The highest BCUT2D eigenvalue weighted by molar-refractivity contribution is 7.86. The lowest BCUT2D eigenvalue weighted by atomic mass is 10.1. The molecule has 0 saturated heterocycles. The summed E-state index contributed by atoms with van der Waals surface area (Å²) in [5.74, 6) is -0.566. The van der Waals surface area contributed by atoms with Crippen LogP contribution in [0.3, 0.4) is 0 Å². The van der Waals surface area contributed by atoms with Gasteiger partial charge in [-0.1, -0.05) is 48.0 Å². The second kappa shape index (κ2) is 9.53. The van der Waals surface area contributed by atoms with E-state index in [4.69, 9.17) is 18.2 Å². The monoisotopic (exact) mass is 491 g/mol. The van der Waals surface area contributed by atoms with Crippen LogP contribution in [0.2, 0.25) is 5.02 Å². The molecule has 0 saturated carbocycles. The molecule has 0 aliphatic heterocycles. The minimum absolute atomic E-state index is 0.0237. The Bertz CT molecular complexity index is 1670. The molecular weight excluding hydrogens is 474 g/mol. The van der Waals surface area contributed by atoms with Crippen LogP contribution in [0.4, 0.5) is 5.69 Å². The number of carbonyl (C=O) groups is 1. The van der Waals surface area contributed by atoms with Crippen LogP contribution in [0.5, 0.6) is 0 Å². The topological polar surface area (TPSA) is 92.6 Å². The molecule has 0 unspecified atom stereocenters. The first kappa shape index (κ1) is 23.3. The van der Waals surface area contributed by atoms with Crippen molar-refractivity contribution < 1.29 is 17.4 Å². The standard InChI is InChI=1S/C25H18ClN3O4S/c1-27-24(25(30)28-18-12-10-17(26)11-13-18)23-21-9-4-3-8-20(21)22(29-23)15-16-6-5-7-19(14-16)34(31,32)33-2/h3-15,29H,2H3,(H,28,30)/b22-15-,24-23+. The molecule has 4 rings (SSSR count). The van der Waals surface area contributed by atoms with Crippen molar-refractivity contribution in [3.63, 3.8) is 0 Å². The first-order valence-electron chi connectivity index (χ1n) is 10.0. The molecule has 7 nitrogen and oxygen atoms in total. The zero-order valence-corrected chi connectivity index (χ0v) is 19.4. The number of halogens is 1. The molecule has 0 bridgehead atoms. The molecule has 1 heterocycles. The van der Waals surface area contributed by atoms with Gasteiger partial charge in [0, 0.05) is 21.4 Å². The number of H-pyrrole nitrogens is 1. The number of nitrogens with one attached hydrogen (secondary N) is 2. The zero-order valence-electron chi connectivity index (χ0n) is 17.9. The van der Waals surface area contributed by atoms with Gasteiger partial charge in [-0.15, -0.1) is 0 Å². The number of hydrogen-bond donors (Lipinski definition) is 2. The van der Waals surface area contributed by atoms with Crippen LogP contribution < -0.4 is 16.0 Å². The molecule has 0 aliphatic carbocycles. The lowest BCUT2D eigenvalue weighted by Gasteiger charge is -2.04. The van der Waals surface area contributed by atoms with Crippen molar-refractivity contribution >= 4 is 55.9 Å². The average Bonchev–Trinajstić information content (AvgIpc) is 3.19. The Morgan fingerprint density at radius 2 is 1.76 bits per heavy atom. The quantitative estimate of drug-likeness (QED) is 0.329. The third-order valence-corrected chi connectivity index (χ3v) is 6.61. The van der Waals surface area contributed by atoms with Crippen LogP contribution in [0.25, 0.3) is 27.4 Å². The number of fused-ring (bicyclic) bond motifs is 1. The number of carbonyl (C=O) groups excluding carboxylic acids is 1. The van der Waals surface area contributed by atoms with Gasteiger partial charge in [-0.25, -0.2) is 4.85 Å². The summed E-state index contributed by atoms with van der Waals surface area (Å²) in [7, 11) is -2.74. The van der Waals surface area contributed by atoms with Crippen molar-refractivity contribution in [3.8, 4) is 0 Å². The number of aromatic amines is 1. The number of rotatable bonds is 5. The molecule has 0 radical (unpaired) electrons. The van der Waals surface area contributed by atoms with E-state index in [1.165, 1.54) is 12.1 Å². The Kier molecular flexibility index (Phi) is 6.52. The predicted molar refractivity (Wildman–Crippen MR) is 132 cm³/mol. The van der Waals surface area contributed by atoms with Crippen LogP contribution in [0, 0.1) is 6.57 Å². The number of anilines is 1. The van der Waals surface area contributed by atoms with E-state index in [-0.39, 0.29) is 10.6 Å². The van der Waals surface area contributed by atoms with Crippen molar-refractivity contribution in [2.24, 2.45) is 0 Å². The predicted octanol–water partition coefficient (Wildman–Crippen LogP) is 3.65. The summed E-state index contributed by atoms with van der Waals surface area (Å²) in [4.78, 5) is 19.6. The van der Waals surface area contributed by atoms with Crippen molar-refractivity contribution in [1.29, 1.82) is 0 Å². The van der Waals surface area contributed by atoms with E-state index >= 15 is 0 Å².